The number of urea groups is 1. The number of piperidine rings is 1. The van der Waals surface area contributed by atoms with Crippen LogP contribution in [0.5, 0.6) is 0 Å². The number of anilines is 1. The lowest BCUT2D eigenvalue weighted by Gasteiger charge is -2.53. The van der Waals surface area contributed by atoms with E-state index in [4.69, 9.17) is 0 Å². The van der Waals surface area contributed by atoms with Crippen LogP contribution in [-0.4, -0.2) is 63.8 Å². The molecular formula is C18H24N6O. The van der Waals surface area contributed by atoms with Gasteiger partial charge in [-0.3, -0.25) is 10.00 Å². The zero-order chi connectivity index (χ0) is 17.4. The van der Waals surface area contributed by atoms with Crippen LogP contribution in [-0.2, 0) is 7.05 Å². The van der Waals surface area contributed by atoms with Crippen LogP contribution < -0.4 is 5.32 Å². The van der Waals surface area contributed by atoms with E-state index >= 15 is 0 Å². The second kappa shape index (κ2) is 6.15. The molecule has 1 spiro atoms. The van der Waals surface area contributed by atoms with E-state index in [0.29, 0.717) is 11.2 Å². The molecule has 0 radical (unpaired) electrons. The summed E-state index contributed by atoms with van der Waals surface area (Å²) in [7, 11) is 4.05. The summed E-state index contributed by atoms with van der Waals surface area (Å²) in [5.41, 5.74) is 2.35. The molecule has 132 valence electrons. The molecule has 2 aliphatic heterocycles. The predicted molar refractivity (Wildman–Crippen MR) is 96.2 cm³/mol. The Kier molecular flexibility index (Phi) is 3.95. The number of carbonyl (C=O) groups is 1. The number of nitrogens with one attached hydrogen (secondary N) is 1. The van der Waals surface area contributed by atoms with Gasteiger partial charge < -0.3 is 9.80 Å². The van der Waals surface area contributed by atoms with Crippen molar-refractivity contribution in [2.24, 2.45) is 12.5 Å². The van der Waals surface area contributed by atoms with Gasteiger partial charge in [0.2, 0.25) is 0 Å². The Hall–Kier alpha value is -2.41. The second-order valence-corrected chi connectivity index (χ2v) is 7.42. The largest absolute Gasteiger partial charge is 0.323 e. The first-order valence-electron chi connectivity index (χ1n) is 8.73. The van der Waals surface area contributed by atoms with E-state index in [2.05, 4.69) is 27.3 Å². The highest BCUT2D eigenvalue weighted by Gasteiger charge is 2.46. The standard InChI is InChI=1S/C18H24N6O/c1-22-7-4-18(5-8-22)12-24(13-18)17(25)21-16-9-14(3-6-19-16)15-10-20-23(2)11-15/h3,6,9-11H,4-5,7-8,12-13H2,1-2H3,(H,19,21,25). The minimum absolute atomic E-state index is 0.0552. The fraction of sp³-hybridized carbons (Fsp3) is 0.500. The zero-order valence-corrected chi connectivity index (χ0v) is 14.8. The first-order valence-corrected chi connectivity index (χ1v) is 8.73. The minimum Gasteiger partial charge on any atom is -0.323 e. The Labute approximate surface area is 147 Å². The number of aromatic nitrogens is 3. The van der Waals surface area contributed by atoms with Crippen molar-refractivity contribution in [2.45, 2.75) is 12.8 Å². The lowest BCUT2D eigenvalue weighted by atomic mass is 9.72. The summed E-state index contributed by atoms with van der Waals surface area (Å²) in [6, 6.07) is 3.75. The number of carbonyl (C=O) groups excluding carboxylic acids is 1. The molecule has 2 aliphatic rings. The Morgan fingerprint density at radius 3 is 2.64 bits per heavy atom. The molecule has 7 nitrogen and oxygen atoms in total. The Bertz CT molecular complexity index is 769. The number of nitrogens with zero attached hydrogens (tertiary/aromatic N) is 5. The molecule has 2 aromatic heterocycles. The number of amides is 2. The van der Waals surface area contributed by atoms with Gasteiger partial charge in [0.25, 0.3) is 0 Å². The van der Waals surface area contributed by atoms with E-state index in [-0.39, 0.29) is 6.03 Å². The molecule has 2 fully saturated rings. The highest BCUT2D eigenvalue weighted by Crippen LogP contribution is 2.40. The van der Waals surface area contributed by atoms with Crippen LogP contribution >= 0.6 is 0 Å². The maximum absolute atomic E-state index is 12.5. The number of aryl methyl sites for hydroxylation is 1. The molecule has 0 atom stereocenters. The third-order valence-corrected chi connectivity index (χ3v) is 5.42. The van der Waals surface area contributed by atoms with Gasteiger partial charge in [0.05, 0.1) is 6.20 Å². The van der Waals surface area contributed by atoms with Crippen molar-refractivity contribution >= 4 is 11.8 Å². The van der Waals surface area contributed by atoms with Gasteiger partial charge in [-0.1, -0.05) is 0 Å². The molecule has 2 amide bonds. The fourth-order valence-corrected chi connectivity index (χ4v) is 3.75. The van der Waals surface area contributed by atoms with E-state index in [1.54, 1.807) is 17.1 Å². The molecule has 0 unspecified atom stereocenters. The van der Waals surface area contributed by atoms with E-state index in [1.165, 1.54) is 12.8 Å². The van der Waals surface area contributed by atoms with Crippen LogP contribution in [0, 0.1) is 5.41 Å². The fourth-order valence-electron chi connectivity index (χ4n) is 3.75. The molecular weight excluding hydrogens is 316 g/mol. The van der Waals surface area contributed by atoms with Crippen LogP contribution in [0.3, 0.4) is 0 Å². The van der Waals surface area contributed by atoms with Gasteiger partial charge in [-0.2, -0.15) is 5.10 Å². The van der Waals surface area contributed by atoms with Gasteiger partial charge in [0.15, 0.2) is 0 Å². The minimum atomic E-state index is -0.0552. The highest BCUT2D eigenvalue weighted by molar-refractivity contribution is 5.89. The van der Waals surface area contributed by atoms with Crippen molar-refractivity contribution in [1.82, 2.24) is 24.6 Å². The lowest BCUT2D eigenvalue weighted by molar-refractivity contribution is -0.0129. The molecule has 0 bridgehead atoms. The number of likely N-dealkylation sites (tertiary alicyclic amines) is 2. The Balaban J connectivity index is 1.37. The van der Waals surface area contributed by atoms with E-state index < -0.39 is 0 Å². The summed E-state index contributed by atoms with van der Waals surface area (Å²) in [6.45, 7) is 3.97. The molecule has 4 rings (SSSR count). The number of hydrogen-bond donors (Lipinski definition) is 1. The SMILES string of the molecule is CN1CCC2(CC1)CN(C(=O)Nc1cc(-c3cnn(C)c3)ccn1)C2. The molecule has 25 heavy (non-hydrogen) atoms. The summed E-state index contributed by atoms with van der Waals surface area (Å²) in [6.07, 6.45) is 7.83. The summed E-state index contributed by atoms with van der Waals surface area (Å²) >= 11 is 0. The molecule has 2 saturated heterocycles. The third-order valence-electron chi connectivity index (χ3n) is 5.42. The summed E-state index contributed by atoms with van der Waals surface area (Å²) < 4.78 is 1.76. The van der Waals surface area contributed by atoms with Crippen molar-refractivity contribution in [3.8, 4) is 11.1 Å². The molecule has 7 heteroatoms. The predicted octanol–water partition coefficient (Wildman–Crippen LogP) is 2.04. The number of hydrogen-bond acceptors (Lipinski definition) is 4. The quantitative estimate of drug-likeness (QED) is 0.908. The van der Waals surface area contributed by atoms with Gasteiger partial charge in [-0.05, 0) is 50.7 Å². The van der Waals surface area contributed by atoms with Gasteiger partial charge >= 0.3 is 6.03 Å². The first-order chi connectivity index (χ1) is 12.0. The van der Waals surface area contributed by atoms with Crippen molar-refractivity contribution in [2.75, 3.05) is 38.5 Å². The first kappa shape index (κ1) is 16.1. The van der Waals surface area contributed by atoms with E-state index in [9.17, 15) is 4.79 Å². The number of rotatable bonds is 2. The van der Waals surface area contributed by atoms with Crippen molar-refractivity contribution < 1.29 is 4.79 Å². The maximum Gasteiger partial charge on any atom is 0.323 e. The third kappa shape index (κ3) is 3.24. The molecule has 1 N–H and O–H groups in total. The van der Waals surface area contributed by atoms with E-state index in [0.717, 1.165) is 37.3 Å². The topological polar surface area (TPSA) is 66.3 Å². The second-order valence-electron chi connectivity index (χ2n) is 7.42. The van der Waals surface area contributed by atoms with Crippen molar-refractivity contribution in [3.05, 3.63) is 30.7 Å². The summed E-state index contributed by atoms with van der Waals surface area (Å²) in [5.74, 6) is 0.579. The average Bonchev–Trinajstić information content (AvgIpc) is 3.00. The van der Waals surface area contributed by atoms with Crippen molar-refractivity contribution in [3.63, 3.8) is 0 Å². The van der Waals surface area contributed by atoms with Crippen molar-refractivity contribution in [1.29, 1.82) is 0 Å². The summed E-state index contributed by atoms with van der Waals surface area (Å²) in [4.78, 5) is 21.0. The Morgan fingerprint density at radius 2 is 1.96 bits per heavy atom. The Morgan fingerprint density at radius 1 is 1.20 bits per heavy atom. The van der Waals surface area contributed by atoms with Crippen LogP contribution in [0.4, 0.5) is 10.6 Å². The van der Waals surface area contributed by atoms with Crippen LogP contribution in [0.2, 0.25) is 0 Å². The maximum atomic E-state index is 12.5. The normalized spacial score (nSPS) is 19.7. The highest BCUT2D eigenvalue weighted by atomic mass is 16.2. The molecule has 0 aromatic carbocycles. The van der Waals surface area contributed by atoms with Crippen LogP contribution in [0.15, 0.2) is 30.7 Å². The molecule has 0 aliphatic carbocycles. The molecule has 4 heterocycles. The van der Waals surface area contributed by atoms with Crippen LogP contribution in [0.25, 0.3) is 11.1 Å². The van der Waals surface area contributed by atoms with Crippen LogP contribution in [0.1, 0.15) is 12.8 Å². The zero-order valence-electron chi connectivity index (χ0n) is 14.8. The summed E-state index contributed by atoms with van der Waals surface area (Å²) in [5, 5.41) is 7.11. The number of pyridine rings is 1. The van der Waals surface area contributed by atoms with Gasteiger partial charge in [0.1, 0.15) is 5.82 Å². The van der Waals surface area contributed by atoms with Gasteiger partial charge in [-0.15, -0.1) is 0 Å². The average molecular weight is 340 g/mol. The van der Waals surface area contributed by atoms with Gasteiger partial charge in [0, 0.05) is 43.5 Å². The molecule has 2 aromatic rings. The van der Waals surface area contributed by atoms with Gasteiger partial charge in [-0.25, -0.2) is 9.78 Å². The molecule has 0 saturated carbocycles. The lowest BCUT2D eigenvalue weighted by Crippen LogP contribution is -2.62. The van der Waals surface area contributed by atoms with E-state index in [1.807, 2.05) is 30.3 Å². The monoisotopic (exact) mass is 340 g/mol. The smallest absolute Gasteiger partial charge is 0.323 e.